The maximum absolute atomic E-state index is 13.4. The first kappa shape index (κ1) is 22.7. The van der Waals surface area contributed by atoms with Gasteiger partial charge in [0.1, 0.15) is 4.88 Å². The Morgan fingerprint density at radius 3 is 2.33 bits per heavy atom. The van der Waals surface area contributed by atoms with E-state index in [4.69, 9.17) is 0 Å². The molecule has 1 aliphatic carbocycles. The number of carbonyl (C=O) groups is 2. The second kappa shape index (κ2) is 9.95. The minimum Gasteiger partial charge on any atom is -0.477 e. The Morgan fingerprint density at radius 2 is 1.73 bits per heavy atom. The number of rotatable bonds is 8. The van der Waals surface area contributed by atoms with Gasteiger partial charge in [-0.2, -0.15) is 0 Å². The van der Waals surface area contributed by atoms with Gasteiger partial charge in [-0.05, 0) is 36.0 Å². The second-order valence-electron chi connectivity index (χ2n) is 8.25. The lowest BCUT2D eigenvalue weighted by Gasteiger charge is -2.24. The van der Waals surface area contributed by atoms with Gasteiger partial charge in [0.15, 0.2) is 0 Å². The van der Waals surface area contributed by atoms with Gasteiger partial charge >= 0.3 is 5.97 Å². The van der Waals surface area contributed by atoms with Crippen LogP contribution in [-0.2, 0) is 11.3 Å². The highest BCUT2D eigenvalue weighted by Crippen LogP contribution is 2.39. The highest BCUT2D eigenvalue weighted by Gasteiger charge is 2.28. The molecule has 1 heterocycles. The van der Waals surface area contributed by atoms with Gasteiger partial charge in [-0.25, -0.2) is 4.79 Å². The van der Waals surface area contributed by atoms with E-state index in [0.717, 1.165) is 47.5 Å². The van der Waals surface area contributed by atoms with Crippen molar-refractivity contribution in [3.8, 4) is 10.4 Å². The van der Waals surface area contributed by atoms with Crippen LogP contribution in [0, 0.1) is 16.0 Å². The Labute approximate surface area is 195 Å². The van der Waals surface area contributed by atoms with Crippen molar-refractivity contribution in [2.45, 2.75) is 38.6 Å². The number of carboxylic acid groups (broad SMARTS) is 1. The third-order valence-electron chi connectivity index (χ3n) is 5.98. The molecule has 0 spiro atoms. The van der Waals surface area contributed by atoms with Crippen LogP contribution in [0.2, 0.25) is 0 Å². The molecule has 170 valence electrons. The molecule has 0 bridgehead atoms. The number of carbonyl (C=O) groups excluding carboxylic acids is 1. The predicted molar refractivity (Wildman–Crippen MR) is 128 cm³/mol. The third-order valence-corrected chi connectivity index (χ3v) is 7.14. The number of benzene rings is 2. The molecule has 33 heavy (non-hydrogen) atoms. The number of thiophene rings is 1. The van der Waals surface area contributed by atoms with Crippen molar-refractivity contribution in [1.29, 1.82) is 0 Å². The lowest BCUT2D eigenvalue weighted by atomic mass is 10.0. The van der Waals surface area contributed by atoms with Crippen LogP contribution in [0.15, 0.2) is 60.7 Å². The average Bonchev–Trinajstić information content (AvgIpc) is 3.48. The van der Waals surface area contributed by atoms with Crippen LogP contribution in [0.5, 0.6) is 0 Å². The number of nitro groups is 1. The first-order valence-electron chi connectivity index (χ1n) is 10.9. The van der Waals surface area contributed by atoms with E-state index in [0.29, 0.717) is 23.6 Å². The van der Waals surface area contributed by atoms with Gasteiger partial charge < -0.3 is 10.0 Å². The fourth-order valence-electron chi connectivity index (χ4n) is 4.26. The molecule has 1 aromatic heterocycles. The summed E-state index contributed by atoms with van der Waals surface area (Å²) in [7, 11) is 0. The number of amides is 1. The first-order chi connectivity index (χ1) is 15.9. The van der Waals surface area contributed by atoms with E-state index >= 15 is 0 Å². The molecule has 1 fully saturated rings. The van der Waals surface area contributed by atoms with Crippen molar-refractivity contribution in [1.82, 2.24) is 0 Å². The maximum Gasteiger partial charge on any atom is 0.348 e. The number of nitrogens with zero attached hydrogens (tertiary/aromatic N) is 2. The smallest absolute Gasteiger partial charge is 0.348 e. The van der Waals surface area contributed by atoms with Crippen LogP contribution in [0.3, 0.4) is 0 Å². The number of carboxylic acids is 1. The molecule has 2 aromatic carbocycles. The SMILES string of the molecule is O=C(O)c1sc(-c2ccccc2)cc1N(Cc1ccc([N+](=O)[O-])cc1)C(=O)CC1CCCC1. The lowest BCUT2D eigenvalue weighted by molar-refractivity contribution is -0.384. The Hall–Kier alpha value is -3.52. The van der Waals surface area contributed by atoms with E-state index in [1.165, 1.54) is 17.0 Å². The molecule has 8 heteroatoms. The van der Waals surface area contributed by atoms with Gasteiger partial charge in [0.05, 0.1) is 17.2 Å². The van der Waals surface area contributed by atoms with E-state index in [1.807, 2.05) is 30.3 Å². The average molecular weight is 465 g/mol. The number of aromatic carboxylic acids is 1. The summed E-state index contributed by atoms with van der Waals surface area (Å²) in [4.78, 5) is 38.5. The van der Waals surface area contributed by atoms with Crippen molar-refractivity contribution < 1.29 is 19.6 Å². The zero-order valence-corrected chi connectivity index (χ0v) is 18.8. The summed E-state index contributed by atoms with van der Waals surface area (Å²) in [5.41, 5.74) is 1.92. The van der Waals surface area contributed by atoms with Crippen LogP contribution in [0.4, 0.5) is 11.4 Å². The quantitative estimate of drug-likeness (QED) is 0.319. The van der Waals surface area contributed by atoms with Crippen molar-refractivity contribution in [3.63, 3.8) is 0 Å². The molecule has 7 nitrogen and oxygen atoms in total. The van der Waals surface area contributed by atoms with Crippen molar-refractivity contribution in [2.24, 2.45) is 5.92 Å². The Bertz CT molecular complexity index is 1150. The van der Waals surface area contributed by atoms with E-state index in [2.05, 4.69) is 0 Å². The van der Waals surface area contributed by atoms with Crippen LogP contribution in [0.1, 0.15) is 47.3 Å². The molecule has 1 amide bonds. The van der Waals surface area contributed by atoms with Gasteiger partial charge in [-0.1, -0.05) is 55.3 Å². The zero-order chi connectivity index (χ0) is 23.4. The van der Waals surface area contributed by atoms with Gasteiger partial charge in [0.25, 0.3) is 5.69 Å². The highest BCUT2D eigenvalue weighted by atomic mass is 32.1. The second-order valence-corrected chi connectivity index (χ2v) is 9.31. The van der Waals surface area contributed by atoms with Crippen LogP contribution < -0.4 is 4.90 Å². The molecule has 1 saturated carbocycles. The molecule has 0 atom stereocenters. The summed E-state index contributed by atoms with van der Waals surface area (Å²) in [6.45, 7) is 0.148. The highest BCUT2D eigenvalue weighted by molar-refractivity contribution is 7.18. The Balaban J connectivity index is 1.71. The lowest BCUT2D eigenvalue weighted by Crippen LogP contribution is -2.32. The third kappa shape index (κ3) is 5.28. The van der Waals surface area contributed by atoms with Crippen molar-refractivity contribution >= 4 is 34.6 Å². The monoisotopic (exact) mass is 464 g/mol. The van der Waals surface area contributed by atoms with Gasteiger partial charge in [0, 0.05) is 23.4 Å². The Kier molecular flexibility index (Phi) is 6.84. The first-order valence-corrected chi connectivity index (χ1v) is 11.7. The molecule has 0 saturated heterocycles. The van der Waals surface area contributed by atoms with Crippen molar-refractivity contribution in [3.05, 3.63) is 81.2 Å². The number of hydrogen-bond acceptors (Lipinski definition) is 5. The summed E-state index contributed by atoms with van der Waals surface area (Å²) in [5.74, 6) is -0.905. The van der Waals surface area contributed by atoms with Crippen LogP contribution in [0.25, 0.3) is 10.4 Å². The van der Waals surface area contributed by atoms with Crippen molar-refractivity contribution in [2.75, 3.05) is 4.90 Å². The molecule has 3 aromatic rings. The van der Waals surface area contributed by atoms with E-state index in [-0.39, 0.29) is 23.0 Å². The van der Waals surface area contributed by atoms with E-state index in [1.54, 1.807) is 18.2 Å². The summed E-state index contributed by atoms with van der Waals surface area (Å²) in [6, 6.07) is 17.3. The molecule has 4 rings (SSSR count). The minimum absolute atomic E-state index is 0.0318. The molecule has 0 aliphatic heterocycles. The molecular formula is C25H24N2O5S. The predicted octanol–water partition coefficient (Wildman–Crippen LogP) is 6.14. The topological polar surface area (TPSA) is 101 Å². The number of hydrogen-bond donors (Lipinski definition) is 1. The normalized spacial score (nSPS) is 13.7. The van der Waals surface area contributed by atoms with Gasteiger partial charge in [0.2, 0.25) is 5.91 Å². The fraction of sp³-hybridized carbons (Fsp3) is 0.280. The minimum atomic E-state index is -1.08. The number of nitro benzene ring substituents is 1. The molecule has 1 N–H and O–H groups in total. The standard InChI is InChI=1S/C25H24N2O5S/c28-23(14-17-6-4-5-7-17)26(16-18-10-12-20(13-11-18)27(31)32)21-15-22(33-24(21)25(29)30)19-8-2-1-3-9-19/h1-3,8-13,15,17H,4-7,14,16H2,(H,29,30). The summed E-state index contributed by atoms with van der Waals surface area (Å²) in [6.07, 6.45) is 4.58. The summed E-state index contributed by atoms with van der Waals surface area (Å²) < 4.78 is 0. The van der Waals surface area contributed by atoms with E-state index < -0.39 is 10.9 Å². The van der Waals surface area contributed by atoms with Crippen LogP contribution in [-0.4, -0.2) is 21.9 Å². The largest absolute Gasteiger partial charge is 0.477 e. The molecule has 0 radical (unpaired) electrons. The summed E-state index contributed by atoms with van der Waals surface area (Å²) in [5, 5.41) is 20.9. The van der Waals surface area contributed by atoms with E-state index in [9.17, 15) is 24.8 Å². The molecule has 1 aliphatic rings. The van der Waals surface area contributed by atoms with Crippen LogP contribution >= 0.6 is 11.3 Å². The number of non-ortho nitro benzene ring substituents is 1. The van der Waals surface area contributed by atoms with Gasteiger partial charge in [-0.3, -0.25) is 14.9 Å². The summed E-state index contributed by atoms with van der Waals surface area (Å²) >= 11 is 1.14. The fourth-order valence-corrected chi connectivity index (χ4v) is 5.27. The van der Waals surface area contributed by atoms with Gasteiger partial charge in [-0.15, -0.1) is 11.3 Å². The zero-order valence-electron chi connectivity index (χ0n) is 18.0. The number of anilines is 1. The molecular weight excluding hydrogens is 440 g/mol. The Morgan fingerprint density at radius 1 is 1.06 bits per heavy atom. The maximum atomic E-state index is 13.4. The molecule has 0 unspecified atom stereocenters.